The first-order valence-electron chi connectivity index (χ1n) is 14.7. The number of alkyl halides is 1. The van der Waals surface area contributed by atoms with E-state index in [1.54, 1.807) is 31.9 Å². The molecule has 8 nitrogen and oxygen atoms in total. The summed E-state index contributed by atoms with van der Waals surface area (Å²) in [6, 6.07) is 0. The van der Waals surface area contributed by atoms with Crippen LogP contribution < -0.4 is 4.90 Å². The van der Waals surface area contributed by atoms with E-state index in [2.05, 4.69) is 18.4 Å². The zero-order chi connectivity index (χ0) is 32.4. The number of nitrogens with zero attached hydrogens (tertiary/aromatic N) is 5. The van der Waals surface area contributed by atoms with E-state index < -0.39 is 0 Å². The van der Waals surface area contributed by atoms with Crippen molar-refractivity contribution < 1.29 is 23.1 Å². The van der Waals surface area contributed by atoms with Gasteiger partial charge in [-0.15, -0.1) is 0 Å². The number of rotatable bonds is 15. The topological polar surface area (TPSA) is 78.9 Å². The maximum absolute atomic E-state index is 12.6. The number of halogens is 2. The van der Waals surface area contributed by atoms with Gasteiger partial charge in [-0.3, -0.25) is 14.0 Å². The summed E-state index contributed by atoms with van der Waals surface area (Å²) < 4.78 is 28.2. The van der Waals surface area contributed by atoms with E-state index in [1.807, 2.05) is 32.1 Å². The summed E-state index contributed by atoms with van der Waals surface area (Å²) in [5, 5.41) is 0. The van der Waals surface area contributed by atoms with Crippen LogP contribution in [-0.4, -0.2) is 72.0 Å². The Morgan fingerprint density at radius 1 is 1.23 bits per heavy atom. The molecule has 0 N–H and O–H groups in total. The van der Waals surface area contributed by atoms with Crippen molar-refractivity contribution in [2.45, 2.75) is 79.4 Å². The monoisotopic (exact) mass is 601 g/mol. The molecule has 0 fully saturated rings. The van der Waals surface area contributed by atoms with E-state index in [9.17, 15) is 18.4 Å². The number of amides is 2. The second-order valence-electron chi connectivity index (χ2n) is 10.1. The minimum absolute atomic E-state index is 0.0102. The zero-order valence-electron chi connectivity index (χ0n) is 26.9. The molecule has 0 aliphatic carbocycles. The highest BCUT2D eigenvalue weighted by atomic mass is 19.1. The van der Waals surface area contributed by atoms with Crippen LogP contribution in [0.15, 0.2) is 54.6 Å². The van der Waals surface area contributed by atoms with Gasteiger partial charge in [0.15, 0.2) is 5.82 Å². The molecular weight excluding hydrogens is 552 g/mol. The molecule has 1 aromatic heterocycles. The number of ether oxygens (including phenoxy) is 1. The van der Waals surface area contributed by atoms with Crippen LogP contribution in [0.5, 0.6) is 0 Å². The van der Waals surface area contributed by atoms with Crippen molar-refractivity contribution in [2.75, 3.05) is 38.8 Å². The number of hydrogen-bond donors (Lipinski definition) is 0. The summed E-state index contributed by atoms with van der Waals surface area (Å²) in [6.07, 6.45) is 13.8. The van der Waals surface area contributed by atoms with Crippen LogP contribution in [0.4, 0.5) is 14.6 Å². The summed E-state index contributed by atoms with van der Waals surface area (Å²) in [6.45, 7) is 15.6. The largest absolute Gasteiger partial charge is 0.490 e. The van der Waals surface area contributed by atoms with Gasteiger partial charge in [0.2, 0.25) is 12.3 Å². The standard InChI is InChI=1S/C32H46FN5O3.CH3F/c1-8-11-12-17-29(36(7)23-39)31-32(35-27-16-14-21-38(26(6)40)22-28(27)34-31)37(10-3)20-13-15-25(5)41-30(9-2)24(4)18-19-33;1-2/h8-9,11,17-19,23,25H,2,10,12-16,20-22H2,1,3-7H3;1H3/b11-8-,19-18+,29-17-,30-24+;. The summed E-state index contributed by atoms with van der Waals surface area (Å²) in [4.78, 5) is 39.9. The average molecular weight is 602 g/mol. The molecule has 1 unspecified atom stereocenters. The fourth-order valence-corrected chi connectivity index (χ4v) is 4.70. The zero-order valence-corrected chi connectivity index (χ0v) is 26.9. The molecule has 0 saturated carbocycles. The lowest BCUT2D eigenvalue weighted by atomic mass is 10.1. The Morgan fingerprint density at radius 2 is 1.95 bits per heavy atom. The minimum Gasteiger partial charge on any atom is -0.490 e. The van der Waals surface area contributed by atoms with Gasteiger partial charge in [-0.25, -0.2) is 14.4 Å². The van der Waals surface area contributed by atoms with Gasteiger partial charge in [0.05, 0.1) is 43.2 Å². The summed E-state index contributed by atoms with van der Waals surface area (Å²) in [5.74, 6) is 1.30. The molecular formula is C33H49F2N5O3. The highest BCUT2D eigenvalue weighted by molar-refractivity contribution is 5.78. The van der Waals surface area contributed by atoms with Gasteiger partial charge >= 0.3 is 0 Å². The van der Waals surface area contributed by atoms with Gasteiger partial charge in [0.1, 0.15) is 11.5 Å². The number of carbonyl (C=O) groups excluding carboxylic acids is 2. The molecule has 0 saturated heterocycles. The van der Waals surface area contributed by atoms with Crippen LogP contribution in [0.2, 0.25) is 0 Å². The molecule has 1 aliphatic rings. The Morgan fingerprint density at radius 3 is 2.53 bits per heavy atom. The number of aryl methyl sites for hydroxylation is 1. The van der Waals surface area contributed by atoms with Crippen molar-refractivity contribution in [1.29, 1.82) is 0 Å². The van der Waals surface area contributed by atoms with Crippen LogP contribution in [-0.2, 0) is 27.3 Å². The number of anilines is 1. The normalized spacial score (nSPS) is 14.7. The highest BCUT2D eigenvalue weighted by Gasteiger charge is 2.25. The van der Waals surface area contributed by atoms with Gasteiger partial charge in [-0.2, -0.15) is 0 Å². The van der Waals surface area contributed by atoms with Crippen LogP contribution in [0.3, 0.4) is 0 Å². The Bertz CT molecular complexity index is 1180. The fraction of sp³-hybridized carbons (Fsp3) is 0.515. The van der Waals surface area contributed by atoms with E-state index in [1.165, 1.54) is 11.0 Å². The molecule has 1 aliphatic heterocycles. The third kappa shape index (κ3) is 11.4. The Labute approximate surface area is 256 Å². The molecule has 0 spiro atoms. The highest BCUT2D eigenvalue weighted by Crippen LogP contribution is 2.30. The van der Waals surface area contributed by atoms with Gasteiger partial charge < -0.3 is 19.4 Å². The number of allylic oxidation sites excluding steroid dienone is 6. The second kappa shape index (κ2) is 20.1. The van der Waals surface area contributed by atoms with Crippen molar-refractivity contribution in [1.82, 2.24) is 19.8 Å². The molecule has 0 bridgehead atoms. The van der Waals surface area contributed by atoms with Crippen molar-refractivity contribution in [3.05, 3.63) is 71.7 Å². The van der Waals surface area contributed by atoms with Crippen molar-refractivity contribution >= 4 is 23.8 Å². The van der Waals surface area contributed by atoms with Gasteiger partial charge in [-0.05, 0) is 77.5 Å². The lowest BCUT2D eigenvalue weighted by molar-refractivity contribution is -0.129. The summed E-state index contributed by atoms with van der Waals surface area (Å²) in [5.41, 5.74) is 3.64. The third-order valence-electron chi connectivity index (χ3n) is 7.06. The molecule has 10 heteroatoms. The molecule has 0 radical (unpaired) electrons. The second-order valence-corrected chi connectivity index (χ2v) is 10.1. The smallest absolute Gasteiger partial charge is 0.219 e. The maximum Gasteiger partial charge on any atom is 0.219 e. The van der Waals surface area contributed by atoms with Crippen molar-refractivity contribution in [2.24, 2.45) is 0 Å². The van der Waals surface area contributed by atoms with Crippen molar-refractivity contribution in [3.8, 4) is 0 Å². The van der Waals surface area contributed by atoms with E-state index >= 15 is 0 Å². The minimum atomic E-state index is -0.0997. The molecule has 238 valence electrons. The summed E-state index contributed by atoms with van der Waals surface area (Å²) >= 11 is 0. The van der Waals surface area contributed by atoms with Crippen LogP contribution >= 0.6 is 0 Å². The molecule has 2 amide bonds. The summed E-state index contributed by atoms with van der Waals surface area (Å²) in [7, 11) is 2.22. The number of aromatic nitrogens is 2. The first-order chi connectivity index (χ1) is 20.7. The van der Waals surface area contributed by atoms with Gasteiger partial charge in [0.25, 0.3) is 0 Å². The van der Waals surface area contributed by atoms with Crippen molar-refractivity contribution in [3.63, 3.8) is 0 Å². The number of fused-ring (bicyclic) bond motifs is 1. The molecule has 2 heterocycles. The third-order valence-corrected chi connectivity index (χ3v) is 7.06. The van der Waals surface area contributed by atoms with Crippen LogP contribution in [0.1, 0.15) is 77.4 Å². The Balaban J connectivity index is 0.00000452. The first kappa shape index (κ1) is 37.2. The van der Waals surface area contributed by atoms with Crippen LogP contribution in [0.25, 0.3) is 5.70 Å². The van der Waals surface area contributed by atoms with E-state index in [4.69, 9.17) is 14.7 Å². The SMILES string of the molecule is C=C/C(OC(C)CCCN(CC)c1nc2c(nc1/C(=C/C/C=C\C)N(C)C=O)CN(C(C)=O)CCC2)=C(C)\C=C\F.CF. The predicted molar refractivity (Wildman–Crippen MR) is 171 cm³/mol. The molecule has 1 aromatic rings. The Kier molecular flexibility index (Phi) is 17.4. The molecule has 43 heavy (non-hydrogen) atoms. The quantitative estimate of drug-likeness (QED) is 0.0963. The molecule has 2 rings (SSSR count). The molecule has 1 atom stereocenters. The first-order valence-corrected chi connectivity index (χ1v) is 14.7. The molecule has 0 aromatic carbocycles. The van der Waals surface area contributed by atoms with E-state index in [0.717, 1.165) is 49.3 Å². The fourth-order valence-electron chi connectivity index (χ4n) is 4.70. The lowest BCUT2D eigenvalue weighted by Crippen LogP contribution is -2.31. The number of hydrogen-bond acceptors (Lipinski definition) is 6. The van der Waals surface area contributed by atoms with E-state index in [0.29, 0.717) is 68.8 Å². The predicted octanol–water partition coefficient (Wildman–Crippen LogP) is 6.71. The maximum atomic E-state index is 12.6. The van der Waals surface area contributed by atoms with E-state index in [-0.39, 0.29) is 12.0 Å². The van der Waals surface area contributed by atoms with Crippen LogP contribution in [0, 0.1) is 0 Å². The lowest BCUT2D eigenvalue weighted by Gasteiger charge is -2.28. The van der Waals surface area contributed by atoms with Gasteiger partial charge in [-0.1, -0.05) is 24.8 Å². The average Bonchev–Trinajstić information content (AvgIpc) is 3.23. The van der Waals surface area contributed by atoms with Gasteiger partial charge in [0, 0.05) is 33.6 Å². The number of carbonyl (C=O) groups is 2. The Hall–Kier alpha value is -3.82.